The molecule has 1 aliphatic rings. The van der Waals surface area contributed by atoms with Crippen molar-refractivity contribution in [1.29, 1.82) is 0 Å². The molecule has 0 spiro atoms. The monoisotopic (exact) mass is 423 g/mol. The Balaban J connectivity index is 1.28. The standard InChI is InChI=1S/C28H29N3O/c1-22-12-14-23(15-13-22)20-30-16-18-31(19-17-30)21-26-29-27(24-8-4-2-5-9-24)28(32-26)25-10-6-3-7-11-25/h2-15H,16-21H2,1H3. The molecule has 4 nitrogen and oxygen atoms in total. The Morgan fingerprint density at radius 2 is 1.25 bits per heavy atom. The van der Waals surface area contributed by atoms with E-state index < -0.39 is 0 Å². The van der Waals surface area contributed by atoms with E-state index in [2.05, 4.69) is 65.3 Å². The minimum atomic E-state index is 0.741. The summed E-state index contributed by atoms with van der Waals surface area (Å²) < 4.78 is 6.33. The van der Waals surface area contributed by atoms with Crippen LogP contribution in [0, 0.1) is 6.92 Å². The predicted octanol–water partition coefficient (Wildman–Crippen LogP) is 5.63. The topological polar surface area (TPSA) is 32.5 Å². The van der Waals surface area contributed by atoms with E-state index in [9.17, 15) is 0 Å². The quantitative estimate of drug-likeness (QED) is 0.402. The van der Waals surface area contributed by atoms with Crippen LogP contribution in [0.4, 0.5) is 0 Å². The van der Waals surface area contributed by atoms with E-state index in [1.54, 1.807) is 0 Å². The molecule has 4 heteroatoms. The molecule has 5 rings (SSSR count). The molecule has 0 aliphatic carbocycles. The zero-order chi connectivity index (χ0) is 21.8. The van der Waals surface area contributed by atoms with Crippen LogP contribution >= 0.6 is 0 Å². The fourth-order valence-electron chi connectivity index (χ4n) is 4.26. The van der Waals surface area contributed by atoms with Crippen molar-refractivity contribution in [3.05, 3.63) is 102 Å². The van der Waals surface area contributed by atoms with Crippen molar-refractivity contribution in [3.63, 3.8) is 0 Å². The fraction of sp³-hybridized carbons (Fsp3) is 0.250. The Bertz CT molecular complexity index is 1070. The third-order valence-corrected chi connectivity index (χ3v) is 6.11. The molecule has 0 atom stereocenters. The Morgan fingerprint density at radius 1 is 0.688 bits per heavy atom. The third kappa shape index (κ3) is 4.82. The van der Waals surface area contributed by atoms with Gasteiger partial charge in [0.25, 0.3) is 0 Å². The number of oxazole rings is 1. The van der Waals surface area contributed by atoms with Gasteiger partial charge in [-0.1, -0.05) is 90.5 Å². The van der Waals surface area contributed by atoms with Gasteiger partial charge in [-0.15, -0.1) is 0 Å². The van der Waals surface area contributed by atoms with Gasteiger partial charge in [0.2, 0.25) is 5.89 Å². The minimum absolute atomic E-state index is 0.741. The van der Waals surface area contributed by atoms with Gasteiger partial charge in [-0.25, -0.2) is 4.98 Å². The summed E-state index contributed by atoms with van der Waals surface area (Å²) in [7, 11) is 0. The highest BCUT2D eigenvalue weighted by Crippen LogP contribution is 2.33. The molecule has 0 radical (unpaired) electrons. The van der Waals surface area contributed by atoms with Gasteiger partial charge in [-0.05, 0) is 12.5 Å². The molecule has 3 aromatic carbocycles. The average Bonchev–Trinajstić information content (AvgIpc) is 3.27. The maximum atomic E-state index is 6.33. The summed E-state index contributed by atoms with van der Waals surface area (Å²) >= 11 is 0. The molecule has 1 aromatic heterocycles. The van der Waals surface area contributed by atoms with E-state index in [1.807, 2.05) is 36.4 Å². The largest absolute Gasteiger partial charge is 0.439 e. The second kappa shape index (κ2) is 9.51. The van der Waals surface area contributed by atoms with Crippen LogP contribution in [0.25, 0.3) is 22.6 Å². The lowest BCUT2D eigenvalue weighted by atomic mass is 10.1. The van der Waals surface area contributed by atoms with E-state index in [4.69, 9.17) is 9.40 Å². The minimum Gasteiger partial charge on any atom is -0.439 e. The number of benzene rings is 3. The Kier molecular flexibility index (Phi) is 6.15. The van der Waals surface area contributed by atoms with Crippen molar-refractivity contribution in [2.24, 2.45) is 0 Å². The SMILES string of the molecule is Cc1ccc(CN2CCN(Cc3nc(-c4ccccc4)c(-c4ccccc4)o3)CC2)cc1. The summed E-state index contributed by atoms with van der Waals surface area (Å²) in [5, 5.41) is 0. The molecule has 0 unspecified atom stereocenters. The molecule has 0 amide bonds. The van der Waals surface area contributed by atoms with Crippen molar-refractivity contribution in [2.75, 3.05) is 26.2 Å². The number of hydrogen-bond donors (Lipinski definition) is 0. The van der Waals surface area contributed by atoms with Crippen LogP contribution in [0.15, 0.2) is 89.3 Å². The zero-order valence-electron chi connectivity index (χ0n) is 18.6. The summed E-state index contributed by atoms with van der Waals surface area (Å²) in [5.74, 6) is 1.64. The van der Waals surface area contributed by atoms with Gasteiger partial charge in [0.1, 0.15) is 5.69 Å². The normalized spacial score (nSPS) is 15.2. The number of aryl methyl sites for hydroxylation is 1. The summed E-state index contributed by atoms with van der Waals surface area (Å²) in [6.07, 6.45) is 0. The van der Waals surface area contributed by atoms with Gasteiger partial charge < -0.3 is 4.42 Å². The molecular weight excluding hydrogens is 394 g/mol. The van der Waals surface area contributed by atoms with Gasteiger partial charge in [0.05, 0.1) is 6.54 Å². The van der Waals surface area contributed by atoms with Crippen LogP contribution in [0.2, 0.25) is 0 Å². The van der Waals surface area contributed by atoms with Crippen molar-refractivity contribution < 1.29 is 4.42 Å². The summed E-state index contributed by atoms with van der Waals surface area (Å²) in [5.41, 5.74) is 5.77. The maximum absolute atomic E-state index is 6.33. The van der Waals surface area contributed by atoms with Crippen molar-refractivity contribution in [3.8, 4) is 22.6 Å². The van der Waals surface area contributed by atoms with Gasteiger partial charge >= 0.3 is 0 Å². The average molecular weight is 424 g/mol. The molecule has 4 aromatic rings. The van der Waals surface area contributed by atoms with Crippen LogP contribution in [-0.4, -0.2) is 41.0 Å². The van der Waals surface area contributed by atoms with Crippen LogP contribution in [0.1, 0.15) is 17.0 Å². The van der Waals surface area contributed by atoms with E-state index in [0.717, 1.165) is 67.7 Å². The highest BCUT2D eigenvalue weighted by Gasteiger charge is 2.21. The zero-order valence-corrected chi connectivity index (χ0v) is 18.6. The highest BCUT2D eigenvalue weighted by atomic mass is 16.4. The first-order valence-corrected chi connectivity index (χ1v) is 11.4. The molecule has 2 heterocycles. The summed E-state index contributed by atoms with van der Waals surface area (Å²) in [6.45, 7) is 8.06. The number of piperazine rings is 1. The van der Waals surface area contributed by atoms with E-state index >= 15 is 0 Å². The summed E-state index contributed by atoms with van der Waals surface area (Å²) in [4.78, 5) is 9.90. The van der Waals surface area contributed by atoms with Crippen molar-refractivity contribution >= 4 is 0 Å². The van der Waals surface area contributed by atoms with E-state index in [0.29, 0.717) is 0 Å². The number of nitrogens with zero attached hydrogens (tertiary/aromatic N) is 3. The van der Waals surface area contributed by atoms with Crippen LogP contribution < -0.4 is 0 Å². The van der Waals surface area contributed by atoms with Crippen molar-refractivity contribution in [1.82, 2.24) is 14.8 Å². The molecule has 32 heavy (non-hydrogen) atoms. The summed E-state index contributed by atoms with van der Waals surface area (Å²) in [6, 6.07) is 29.5. The lowest BCUT2D eigenvalue weighted by Gasteiger charge is -2.34. The van der Waals surface area contributed by atoms with Gasteiger partial charge in [-0.3, -0.25) is 9.80 Å². The van der Waals surface area contributed by atoms with Crippen LogP contribution in [-0.2, 0) is 13.1 Å². The van der Waals surface area contributed by atoms with Gasteiger partial charge in [0.15, 0.2) is 5.76 Å². The molecular formula is C28H29N3O. The second-order valence-corrected chi connectivity index (χ2v) is 8.56. The molecule has 0 bridgehead atoms. The molecule has 0 N–H and O–H groups in total. The maximum Gasteiger partial charge on any atom is 0.209 e. The van der Waals surface area contributed by atoms with E-state index in [-0.39, 0.29) is 0 Å². The van der Waals surface area contributed by atoms with Crippen molar-refractivity contribution in [2.45, 2.75) is 20.0 Å². The predicted molar refractivity (Wildman–Crippen MR) is 129 cm³/mol. The molecule has 0 saturated carbocycles. The Labute approximate surface area is 190 Å². The lowest BCUT2D eigenvalue weighted by Crippen LogP contribution is -2.45. The van der Waals surface area contributed by atoms with Crippen LogP contribution in [0.3, 0.4) is 0 Å². The molecule has 1 fully saturated rings. The molecule has 1 aliphatic heterocycles. The Hall–Kier alpha value is -3.21. The van der Waals surface area contributed by atoms with Crippen LogP contribution in [0.5, 0.6) is 0 Å². The van der Waals surface area contributed by atoms with E-state index in [1.165, 1.54) is 11.1 Å². The fourth-order valence-corrected chi connectivity index (χ4v) is 4.26. The first-order chi connectivity index (χ1) is 15.7. The van der Waals surface area contributed by atoms with Gasteiger partial charge in [0, 0.05) is 43.9 Å². The second-order valence-electron chi connectivity index (χ2n) is 8.56. The smallest absolute Gasteiger partial charge is 0.209 e. The highest BCUT2D eigenvalue weighted by molar-refractivity contribution is 5.76. The first-order valence-electron chi connectivity index (χ1n) is 11.4. The Morgan fingerprint density at radius 3 is 1.88 bits per heavy atom. The lowest BCUT2D eigenvalue weighted by molar-refractivity contribution is 0.114. The molecule has 1 saturated heterocycles. The first kappa shape index (κ1) is 20.7. The molecule has 162 valence electrons. The third-order valence-electron chi connectivity index (χ3n) is 6.11. The van der Waals surface area contributed by atoms with Gasteiger partial charge in [-0.2, -0.15) is 0 Å². The number of aromatic nitrogens is 1. The number of hydrogen-bond acceptors (Lipinski definition) is 4. The number of rotatable bonds is 6.